The van der Waals surface area contributed by atoms with Crippen molar-refractivity contribution in [3.63, 3.8) is 0 Å². The second-order valence-electron chi connectivity index (χ2n) is 3.69. The largest absolute Gasteiger partial charge is 0.324 e. The van der Waals surface area contributed by atoms with Gasteiger partial charge in [-0.25, -0.2) is 0 Å². The molecule has 0 aromatic carbocycles. The normalized spacial score (nSPS) is 10.8. The third-order valence-electron chi connectivity index (χ3n) is 2.45. The predicted molar refractivity (Wildman–Crippen MR) is 68.2 cm³/mol. The second kappa shape index (κ2) is 5.23. The highest BCUT2D eigenvalue weighted by atomic mass is 32.1. The van der Waals surface area contributed by atoms with Gasteiger partial charge in [-0.3, -0.25) is 10.1 Å². The van der Waals surface area contributed by atoms with E-state index in [1.807, 2.05) is 11.5 Å². The molecular weight excluding hydrogens is 254 g/mol. The quantitative estimate of drug-likeness (QED) is 0.657. The lowest BCUT2D eigenvalue weighted by Gasteiger charge is -2.05. The summed E-state index contributed by atoms with van der Waals surface area (Å²) in [6.45, 7) is 3.10. The van der Waals surface area contributed by atoms with Crippen molar-refractivity contribution in [1.29, 1.82) is 0 Å². The van der Waals surface area contributed by atoms with Gasteiger partial charge < -0.3 is 10.3 Å². The molecule has 0 saturated heterocycles. The standard InChI is InChI=1S/C10H13N5O2S/c1-2-5-14-8(6-11)12-13-10(14)7-3-4-9(18-7)15(16)17/h3-4H,2,5-6,11H2,1H3. The van der Waals surface area contributed by atoms with E-state index < -0.39 is 4.92 Å². The van der Waals surface area contributed by atoms with Gasteiger partial charge in [-0.2, -0.15) is 0 Å². The molecule has 2 N–H and O–H groups in total. The molecule has 0 aliphatic carbocycles. The summed E-state index contributed by atoms with van der Waals surface area (Å²) in [6, 6.07) is 3.17. The monoisotopic (exact) mass is 267 g/mol. The fraction of sp³-hybridized carbons (Fsp3) is 0.400. The van der Waals surface area contributed by atoms with Crippen LogP contribution in [0.15, 0.2) is 12.1 Å². The summed E-state index contributed by atoms with van der Waals surface area (Å²) in [5, 5.41) is 18.9. The van der Waals surface area contributed by atoms with E-state index >= 15 is 0 Å². The molecule has 2 aromatic heterocycles. The van der Waals surface area contributed by atoms with Gasteiger partial charge in [0.2, 0.25) is 0 Å². The Morgan fingerprint density at radius 2 is 2.28 bits per heavy atom. The van der Waals surface area contributed by atoms with Crippen LogP contribution < -0.4 is 5.73 Å². The molecule has 2 heterocycles. The second-order valence-corrected chi connectivity index (χ2v) is 4.75. The van der Waals surface area contributed by atoms with Crippen LogP contribution in [0.4, 0.5) is 5.00 Å². The third kappa shape index (κ3) is 2.24. The van der Waals surface area contributed by atoms with E-state index in [9.17, 15) is 10.1 Å². The Kier molecular flexibility index (Phi) is 3.68. The molecule has 0 spiro atoms. The highest BCUT2D eigenvalue weighted by Gasteiger charge is 2.17. The Morgan fingerprint density at radius 3 is 2.83 bits per heavy atom. The number of hydrogen-bond donors (Lipinski definition) is 1. The lowest BCUT2D eigenvalue weighted by Crippen LogP contribution is -2.09. The topological polar surface area (TPSA) is 99.9 Å². The first-order chi connectivity index (χ1) is 8.67. The smallest absolute Gasteiger partial charge is 0.324 e. The van der Waals surface area contributed by atoms with Gasteiger partial charge in [0.1, 0.15) is 5.82 Å². The number of aromatic nitrogens is 3. The maximum absolute atomic E-state index is 10.7. The van der Waals surface area contributed by atoms with Crippen LogP contribution in [-0.4, -0.2) is 19.7 Å². The van der Waals surface area contributed by atoms with Crippen LogP contribution in [0.2, 0.25) is 0 Å². The van der Waals surface area contributed by atoms with Crippen molar-refractivity contribution < 1.29 is 4.92 Å². The zero-order chi connectivity index (χ0) is 13.1. The van der Waals surface area contributed by atoms with E-state index in [1.165, 1.54) is 6.07 Å². The van der Waals surface area contributed by atoms with Crippen molar-refractivity contribution in [2.24, 2.45) is 5.73 Å². The summed E-state index contributed by atoms with van der Waals surface area (Å²) < 4.78 is 1.91. The van der Waals surface area contributed by atoms with Crippen molar-refractivity contribution >= 4 is 16.3 Å². The molecule has 2 aromatic rings. The van der Waals surface area contributed by atoms with Crippen LogP contribution in [0.25, 0.3) is 10.7 Å². The molecule has 0 atom stereocenters. The van der Waals surface area contributed by atoms with E-state index in [-0.39, 0.29) is 5.00 Å². The van der Waals surface area contributed by atoms with Gasteiger partial charge >= 0.3 is 5.00 Å². The van der Waals surface area contributed by atoms with Crippen molar-refractivity contribution in [2.75, 3.05) is 0 Å². The van der Waals surface area contributed by atoms with Crippen LogP contribution >= 0.6 is 11.3 Å². The van der Waals surface area contributed by atoms with E-state index in [1.54, 1.807) is 6.07 Å². The number of thiophene rings is 1. The van der Waals surface area contributed by atoms with Gasteiger partial charge in [-0.15, -0.1) is 10.2 Å². The molecular formula is C10H13N5O2S. The predicted octanol–water partition coefficient (Wildman–Crippen LogP) is 1.78. The zero-order valence-corrected chi connectivity index (χ0v) is 10.7. The van der Waals surface area contributed by atoms with Gasteiger partial charge in [-0.1, -0.05) is 18.3 Å². The summed E-state index contributed by atoms with van der Waals surface area (Å²) in [6.07, 6.45) is 0.922. The maximum atomic E-state index is 10.7. The van der Waals surface area contributed by atoms with Crippen LogP contribution in [-0.2, 0) is 13.1 Å². The van der Waals surface area contributed by atoms with E-state index in [2.05, 4.69) is 10.2 Å². The molecule has 2 rings (SSSR count). The Hall–Kier alpha value is -1.80. The SMILES string of the molecule is CCCn1c(CN)nnc1-c1ccc([N+](=O)[O-])s1. The molecule has 8 heteroatoms. The molecule has 0 amide bonds. The molecule has 7 nitrogen and oxygen atoms in total. The Labute approximate surface area is 107 Å². The van der Waals surface area contributed by atoms with Crippen molar-refractivity contribution in [1.82, 2.24) is 14.8 Å². The number of hydrogen-bond acceptors (Lipinski definition) is 6. The summed E-state index contributed by atoms with van der Waals surface area (Å²) in [4.78, 5) is 11.0. The van der Waals surface area contributed by atoms with Crippen molar-refractivity contribution in [3.05, 3.63) is 28.1 Å². The average molecular weight is 267 g/mol. The van der Waals surface area contributed by atoms with Crippen LogP contribution in [0, 0.1) is 10.1 Å². The Bertz CT molecular complexity index is 562. The van der Waals surface area contributed by atoms with Crippen LogP contribution in [0.5, 0.6) is 0 Å². The van der Waals surface area contributed by atoms with Gasteiger partial charge in [0.05, 0.1) is 16.3 Å². The molecule has 0 aliphatic rings. The lowest BCUT2D eigenvalue weighted by atomic mass is 10.4. The minimum absolute atomic E-state index is 0.102. The molecule has 0 aliphatic heterocycles. The Balaban J connectivity index is 2.42. The number of nitrogens with zero attached hydrogens (tertiary/aromatic N) is 4. The minimum atomic E-state index is -0.404. The molecule has 0 radical (unpaired) electrons. The summed E-state index contributed by atoms with van der Waals surface area (Å²) in [5.74, 6) is 1.35. The summed E-state index contributed by atoms with van der Waals surface area (Å²) >= 11 is 1.09. The molecule has 0 saturated carbocycles. The van der Waals surface area contributed by atoms with Crippen LogP contribution in [0.1, 0.15) is 19.2 Å². The zero-order valence-electron chi connectivity index (χ0n) is 9.87. The minimum Gasteiger partial charge on any atom is -0.324 e. The fourth-order valence-corrected chi connectivity index (χ4v) is 2.49. The van der Waals surface area contributed by atoms with E-state index in [0.717, 1.165) is 29.2 Å². The van der Waals surface area contributed by atoms with Gasteiger partial charge in [0.15, 0.2) is 5.82 Å². The first kappa shape index (κ1) is 12.7. The highest BCUT2D eigenvalue weighted by molar-refractivity contribution is 7.18. The number of rotatable bonds is 5. The van der Waals surface area contributed by atoms with Crippen molar-refractivity contribution in [2.45, 2.75) is 26.4 Å². The maximum Gasteiger partial charge on any atom is 0.324 e. The summed E-state index contributed by atoms with van der Waals surface area (Å²) in [5.41, 5.74) is 5.60. The van der Waals surface area contributed by atoms with Crippen LogP contribution in [0.3, 0.4) is 0 Å². The number of nitrogens with two attached hydrogens (primary N) is 1. The van der Waals surface area contributed by atoms with Gasteiger partial charge in [0.25, 0.3) is 0 Å². The van der Waals surface area contributed by atoms with Crippen molar-refractivity contribution in [3.8, 4) is 10.7 Å². The molecule has 0 bridgehead atoms. The van der Waals surface area contributed by atoms with E-state index in [4.69, 9.17) is 5.73 Å². The first-order valence-electron chi connectivity index (χ1n) is 5.54. The number of nitro groups is 1. The fourth-order valence-electron chi connectivity index (χ4n) is 1.67. The molecule has 96 valence electrons. The highest BCUT2D eigenvalue weighted by Crippen LogP contribution is 2.31. The molecule has 0 unspecified atom stereocenters. The average Bonchev–Trinajstić information content (AvgIpc) is 2.95. The van der Waals surface area contributed by atoms with Gasteiger partial charge in [0, 0.05) is 12.6 Å². The third-order valence-corrected chi connectivity index (χ3v) is 3.48. The first-order valence-corrected chi connectivity index (χ1v) is 6.35. The Morgan fingerprint density at radius 1 is 1.50 bits per heavy atom. The summed E-state index contributed by atoms with van der Waals surface area (Å²) in [7, 11) is 0. The molecule has 0 fully saturated rings. The van der Waals surface area contributed by atoms with E-state index in [0.29, 0.717) is 18.2 Å². The van der Waals surface area contributed by atoms with Gasteiger partial charge in [-0.05, 0) is 12.5 Å². The lowest BCUT2D eigenvalue weighted by molar-refractivity contribution is -0.380. The molecule has 18 heavy (non-hydrogen) atoms.